The average Bonchev–Trinajstić information content (AvgIpc) is 2.44. The zero-order valence-corrected chi connectivity index (χ0v) is 12.1. The van der Waals surface area contributed by atoms with E-state index < -0.39 is 0 Å². The van der Waals surface area contributed by atoms with E-state index >= 15 is 0 Å². The number of pyridine rings is 1. The van der Waals surface area contributed by atoms with Gasteiger partial charge in [0.1, 0.15) is 0 Å². The van der Waals surface area contributed by atoms with Crippen LogP contribution in [0.3, 0.4) is 0 Å². The van der Waals surface area contributed by atoms with E-state index in [0.29, 0.717) is 17.8 Å². The van der Waals surface area contributed by atoms with Crippen molar-refractivity contribution in [2.24, 2.45) is 0 Å². The molecular weight excluding hydrogens is 272 g/mol. The van der Waals surface area contributed by atoms with Crippen LogP contribution in [-0.2, 0) is 0 Å². The fourth-order valence-electron chi connectivity index (χ4n) is 2.56. The van der Waals surface area contributed by atoms with Crippen molar-refractivity contribution in [3.05, 3.63) is 53.2 Å². The minimum atomic E-state index is 0.519. The SMILES string of the molecule is COc1ccc(NC2CC(c3ccc(Cl)cc3)C2)cn1. The summed E-state index contributed by atoms with van der Waals surface area (Å²) < 4.78 is 5.05. The molecule has 0 saturated heterocycles. The zero-order valence-electron chi connectivity index (χ0n) is 11.3. The highest BCUT2D eigenvalue weighted by molar-refractivity contribution is 6.30. The lowest BCUT2D eigenvalue weighted by atomic mass is 9.76. The maximum Gasteiger partial charge on any atom is 0.213 e. The first-order chi connectivity index (χ1) is 9.74. The minimum Gasteiger partial charge on any atom is -0.481 e. The van der Waals surface area contributed by atoms with Gasteiger partial charge in [0.25, 0.3) is 0 Å². The molecule has 1 aromatic heterocycles. The van der Waals surface area contributed by atoms with Crippen molar-refractivity contribution >= 4 is 17.3 Å². The van der Waals surface area contributed by atoms with Gasteiger partial charge in [-0.15, -0.1) is 0 Å². The van der Waals surface area contributed by atoms with Gasteiger partial charge in [-0.05, 0) is 42.5 Å². The minimum absolute atomic E-state index is 0.519. The lowest BCUT2D eigenvalue weighted by Crippen LogP contribution is -2.33. The van der Waals surface area contributed by atoms with Gasteiger partial charge in [-0.2, -0.15) is 0 Å². The van der Waals surface area contributed by atoms with Crippen molar-refractivity contribution in [1.29, 1.82) is 0 Å². The van der Waals surface area contributed by atoms with Gasteiger partial charge in [-0.25, -0.2) is 4.98 Å². The number of aromatic nitrogens is 1. The highest BCUT2D eigenvalue weighted by Gasteiger charge is 2.30. The Morgan fingerprint density at radius 2 is 1.90 bits per heavy atom. The molecule has 3 nitrogen and oxygen atoms in total. The first-order valence-electron chi connectivity index (χ1n) is 6.76. The summed E-state index contributed by atoms with van der Waals surface area (Å²) in [6.45, 7) is 0. The van der Waals surface area contributed by atoms with E-state index in [1.54, 1.807) is 7.11 Å². The molecule has 20 heavy (non-hydrogen) atoms. The second-order valence-electron chi connectivity index (χ2n) is 5.15. The third-order valence-electron chi connectivity index (χ3n) is 3.80. The summed E-state index contributed by atoms with van der Waals surface area (Å²) >= 11 is 5.91. The molecule has 0 atom stereocenters. The lowest BCUT2D eigenvalue weighted by Gasteiger charge is -2.36. The monoisotopic (exact) mass is 288 g/mol. The standard InChI is InChI=1S/C16H17ClN2O/c1-20-16-7-6-14(10-18-16)19-15-8-12(9-15)11-2-4-13(17)5-3-11/h2-7,10,12,15,19H,8-9H2,1H3. The Bertz CT molecular complexity index is 562. The molecule has 0 unspecified atom stereocenters. The van der Waals surface area contributed by atoms with Crippen LogP contribution in [0.4, 0.5) is 5.69 Å². The zero-order chi connectivity index (χ0) is 13.9. The van der Waals surface area contributed by atoms with Crippen LogP contribution in [0.1, 0.15) is 24.3 Å². The molecule has 0 radical (unpaired) electrons. The molecule has 0 amide bonds. The van der Waals surface area contributed by atoms with Gasteiger partial charge >= 0.3 is 0 Å². The maximum atomic E-state index is 5.91. The van der Waals surface area contributed by atoms with Crippen molar-refractivity contribution < 1.29 is 4.74 Å². The molecule has 1 aliphatic carbocycles. The van der Waals surface area contributed by atoms with Crippen LogP contribution in [0.15, 0.2) is 42.6 Å². The number of benzene rings is 1. The Balaban J connectivity index is 1.53. The molecule has 1 aliphatic rings. The van der Waals surface area contributed by atoms with E-state index in [1.165, 1.54) is 5.56 Å². The Morgan fingerprint density at radius 1 is 1.15 bits per heavy atom. The van der Waals surface area contributed by atoms with E-state index in [9.17, 15) is 0 Å². The van der Waals surface area contributed by atoms with Gasteiger partial charge in [0.2, 0.25) is 5.88 Å². The summed E-state index contributed by atoms with van der Waals surface area (Å²) in [5.74, 6) is 1.28. The van der Waals surface area contributed by atoms with Crippen molar-refractivity contribution in [2.45, 2.75) is 24.8 Å². The Kier molecular flexibility index (Phi) is 3.79. The number of nitrogens with zero attached hydrogens (tertiary/aromatic N) is 1. The smallest absolute Gasteiger partial charge is 0.213 e. The van der Waals surface area contributed by atoms with Crippen LogP contribution in [0, 0.1) is 0 Å². The molecule has 1 heterocycles. The van der Waals surface area contributed by atoms with E-state index in [0.717, 1.165) is 23.6 Å². The number of nitrogens with one attached hydrogen (secondary N) is 1. The summed E-state index contributed by atoms with van der Waals surface area (Å²) in [6, 6.07) is 12.6. The average molecular weight is 289 g/mol. The summed E-state index contributed by atoms with van der Waals surface area (Å²) in [5, 5.41) is 4.29. The molecule has 0 spiro atoms. The molecule has 2 aromatic rings. The first-order valence-corrected chi connectivity index (χ1v) is 7.14. The van der Waals surface area contributed by atoms with Crippen molar-refractivity contribution in [3.8, 4) is 5.88 Å². The quantitative estimate of drug-likeness (QED) is 0.919. The highest BCUT2D eigenvalue weighted by atomic mass is 35.5. The van der Waals surface area contributed by atoms with Gasteiger partial charge in [0.15, 0.2) is 0 Å². The largest absolute Gasteiger partial charge is 0.481 e. The normalized spacial score (nSPS) is 21.1. The molecule has 104 valence electrons. The van der Waals surface area contributed by atoms with Gasteiger partial charge in [-0.1, -0.05) is 23.7 Å². The second kappa shape index (κ2) is 5.71. The molecule has 1 aromatic carbocycles. The van der Waals surface area contributed by atoms with Crippen molar-refractivity contribution in [2.75, 3.05) is 12.4 Å². The summed E-state index contributed by atoms with van der Waals surface area (Å²) in [4.78, 5) is 4.20. The van der Waals surface area contributed by atoms with E-state index in [1.807, 2.05) is 30.5 Å². The predicted molar refractivity (Wildman–Crippen MR) is 81.6 cm³/mol. The Labute approximate surface area is 123 Å². The summed E-state index contributed by atoms with van der Waals surface area (Å²) in [7, 11) is 1.62. The van der Waals surface area contributed by atoms with E-state index in [-0.39, 0.29) is 0 Å². The number of methoxy groups -OCH3 is 1. The van der Waals surface area contributed by atoms with Gasteiger partial charge < -0.3 is 10.1 Å². The Morgan fingerprint density at radius 3 is 2.50 bits per heavy atom. The number of rotatable bonds is 4. The number of halogens is 1. The number of hydrogen-bond acceptors (Lipinski definition) is 3. The fourth-order valence-corrected chi connectivity index (χ4v) is 2.69. The van der Waals surface area contributed by atoms with Crippen LogP contribution in [0.25, 0.3) is 0 Å². The van der Waals surface area contributed by atoms with Crippen LogP contribution in [0.2, 0.25) is 5.02 Å². The maximum absolute atomic E-state index is 5.91. The molecule has 1 fully saturated rings. The molecule has 3 rings (SSSR count). The highest BCUT2D eigenvalue weighted by Crippen LogP contribution is 2.38. The lowest BCUT2D eigenvalue weighted by molar-refractivity contribution is 0.373. The van der Waals surface area contributed by atoms with Gasteiger partial charge in [0, 0.05) is 17.1 Å². The molecule has 1 saturated carbocycles. The first kappa shape index (κ1) is 13.3. The molecule has 4 heteroatoms. The molecule has 0 bridgehead atoms. The van der Waals surface area contributed by atoms with Crippen molar-refractivity contribution in [1.82, 2.24) is 4.98 Å². The second-order valence-corrected chi connectivity index (χ2v) is 5.59. The predicted octanol–water partition coefficient (Wildman–Crippen LogP) is 4.10. The molecule has 1 N–H and O–H groups in total. The number of anilines is 1. The summed E-state index contributed by atoms with van der Waals surface area (Å²) in [5.41, 5.74) is 2.42. The number of ether oxygens (including phenoxy) is 1. The van der Waals surface area contributed by atoms with E-state index in [4.69, 9.17) is 16.3 Å². The van der Waals surface area contributed by atoms with Crippen LogP contribution < -0.4 is 10.1 Å². The van der Waals surface area contributed by atoms with Crippen molar-refractivity contribution in [3.63, 3.8) is 0 Å². The van der Waals surface area contributed by atoms with Crippen LogP contribution >= 0.6 is 11.6 Å². The van der Waals surface area contributed by atoms with E-state index in [2.05, 4.69) is 22.4 Å². The summed E-state index contributed by atoms with van der Waals surface area (Å²) in [6.07, 6.45) is 4.11. The topological polar surface area (TPSA) is 34.1 Å². The fraction of sp³-hybridized carbons (Fsp3) is 0.312. The third-order valence-corrected chi connectivity index (χ3v) is 4.05. The number of hydrogen-bond donors (Lipinski definition) is 1. The third kappa shape index (κ3) is 2.88. The van der Waals surface area contributed by atoms with Crippen LogP contribution in [-0.4, -0.2) is 18.1 Å². The van der Waals surface area contributed by atoms with Gasteiger partial charge in [-0.3, -0.25) is 0 Å². The van der Waals surface area contributed by atoms with Crippen LogP contribution in [0.5, 0.6) is 5.88 Å². The molecule has 0 aliphatic heterocycles. The Hall–Kier alpha value is -1.74. The molecular formula is C16H17ClN2O. The van der Waals surface area contributed by atoms with Gasteiger partial charge in [0.05, 0.1) is 19.0 Å².